The van der Waals surface area contributed by atoms with Gasteiger partial charge in [-0.1, -0.05) is 6.07 Å². The molecule has 1 aromatic carbocycles. The number of carbonyl (C=O) groups excluding carboxylic acids is 2. The number of hydrogen-bond acceptors (Lipinski definition) is 6. The van der Waals surface area contributed by atoms with Crippen LogP contribution in [0.2, 0.25) is 0 Å². The number of anilines is 1. The molecule has 0 radical (unpaired) electrons. The van der Waals surface area contributed by atoms with Crippen LogP contribution in [-0.4, -0.2) is 38.1 Å². The van der Waals surface area contributed by atoms with Crippen molar-refractivity contribution < 1.29 is 23.8 Å². The zero-order chi connectivity index (χ0) is 18.2. The number of hydrogen-bond donors (Lipinski definition) is 2. The first kappa shape index (κ1) is 18.1. The predicted octanol–water partition coefficient (Wildman–Crippen LogP) is 1.36. The number of nitrogens with zero attached hydrogens (tertiary/aromatic N) is 1. The van der Waals surface area contributed by atoms with E-state index in [1.807, 2.05) is 0 Å². The van der Waals surface area contributed by atoms with Crippen molar-refractivity contribution in [3.63, 3.8) is 0 Å². The maximum Gasteiger partial charge on any atom is 0.313 e. The molecular weight excluding hydrogens is 326 g/mol. The second kappa shape index (κ2) is 8.53. The molecule has 0 fully saturated rings. The average Bonchev–Trinajstić information content (AvgIpc) is 2.65. The van der Waals surface area contributed by atoms with E-state index in [4.69, 9.17) is 14.2 Å². The number of benzene rings is 1. The van der Waals surface area contributed by atoms with Crippen LogP contribution in [0.15, 0.2) is 36.5 Å². The van der Waals surface area contributed by atoms with E-state index in [0.717, 1.165) is 0 Å². The topological polar surface area (TPSA) is 98.8 Å². The molecule has 0 unspecified atom stereocenters. The van der Waals surface area contributed by atoms with E-state index in [2.05, 4.69) is 15.6 Å². The number of aromatic nitrogens is 1. The fraction of sp³-hybridized carbons (Fsp3) is 0.235. The summed E-state index contributed by atoms with van der Waals surface area (Å²) < 4.78 is 15.6. The van der Waals surface area contributed by atoms with Crippen LogP contribution < -0.4 is 24.8 Å². The van der Waals surface area contributed by atoms with Gasteiger partial charge in [-0.3, -0.25) is 14.6 Å². The molecule has 1 aromatic heterocycles. The molecule has 25 heavy (non-hydrogen) atoms. The molecule has 132 valence electrons. The molecule has 8 heteroatoms. The van der Waals surface area contributed by atoms with Gasteiger partial charge in [-0.05, 0) is 12.1 Å². The van der Waals surface area contributed by atoms with Gasteiger partial charge in [0.05, 0.1) is 33.6 Å². The van der Waals surface area contributed by atoms with Crippen molar-refractivity contribution in [3.05, 3.63) is 42.2 Å². The van der Waals surface area contributed by atoms with Crippen molar-refractivity contribution in [3.8, 4) is 17.2 Å². The smallest absolute Gasteiger partial charge is 0.313 e. The Morgan fingerprint density at radius 2 is 1.68 bits per heavy atom. The van der Waals surface area contributed by atoms with Gasteiger partial charge in [-0.25, -0.2) is 0 Å². The summed E-state index contributed by atoms with van der Waals surface area (Å²) in [6, 6.07) is 8.38. The first-order chi connectivity index (χ1) is 12.1. The third-order valence-electron chi connectivity index (χ3n) is 3.29. The van der Waals surface area contributed by atoms with Crippen LogP contribution in [0.4, 0.5) is 5.69 Å². The monoisotopic (exact) mass is 345 g/mol. The minimum Gasteiger partial charge on any atom is -0.493 e. The van der Waals surface area contributed by atoms with E-state index in [0.29, 0.717) is 28.6 Å². The van der Waals surface area contributed by atoms with E-state index < -0.39 is 11.8 Å². The first-order valence-corrected chi connectivity index (χ1v) is 7.38. The number of ether oxygens (including phenoxy) is 3. The molecular formula is C17H19N3O5. The average molecular weight is 345 g/mol. The number of rotatable bonds is 6. The molecule has 0 atom stereocenters. The van der Waals surface area contributed by atoms with E-state index in [1.54, 1.807) is 24.4 Å². The molecule has 1 heterocycles. The van der Waals surface area contributed by atoms with Gasteiger partial charge >= 0.3 is 11.8 Å². The van der Waals surface area contributed by atoms with Crippen LogP contribution in [0, 0.1) is 0 Å². The van der Waals surface area contributed by atoms with Crippen molar-refractivity contribution >= 4 is 17.5 Å². The summed E-state index contributed by atoms with van der Waals surface area (Å²) in [4.78, 5) is 28.0. The lowest BCUT2D eigenvalue weighted by molar-refractivity contribution is -0.136. The van der Waals surface area contributed by atoms with Crippen LogP contribution in [0.5, 0.6) is 17.2 Å². The Kier molecular flexibility index (Phi) is 6.16. The normalized spacial score (nSPS) is 9.88. The van der Waals surface area contributed by atoms with E-state index in [9.17, 15) is 9.59 Å². The van der Waals surface area contributed by atoms with Crippen molar-refractivity contribution in [2.75, 3.05) is 26.6 Å². The highest BCUT2D eigenvalue weighted by Crippen LogP contribution is 2.39. The molecule has 0 aliphatic heterocycles. The van der Waals surface area contributed by atoms with Crippen LogP contribution in [0.3, 0.4) is 0 Å². The SMILES string of the molecule is COc1cc(NC(=O)C(=O)NCc2ccccn2)cc(OC)c1OC. The largest absolute Gasteiger partial charge is 0.493 e. The summed E-state index contributed by atoms with van der Waals surface area (Å²) >= 11 is 0. The molecule has 0 aliphatic rings. The highest BCUT2D eigenvalue weighted by Gasteiger charge is 2.17. The molecule has 0 saturated heterocycles. The Bertz CT molecular complexity index is 724. The molecule has 2 N–H and O–H groups in total. The number of methoxy groups -OCH3 is 3. The van der Waals surface area contributed by atoms with Gasteiger partial charge in [0.25, 0.3) is 0 Å². The summed E-state index contributed by atoms with van der Waals surface area (Å²) in [6.07, 6.45) is 1.61. The third kappa shape index (κ3) is 4.60. The van der Waals surface area contributed by atoms with Gasteiger partial charge in [0.15, 0.2) is 11.5 Å². The molecule has 8 nitrogen and oxygen atoms in total. The molecule has 0 spiro atoms. The zero-order valence-corrected chi connectivity index (χ0v) is 14.2. The van der Waals surface area contributed by atoms with Gasteiger partial charge in [0, 0.05) is 24.0 Å². The summed E-state index contributed by atoms with van der Waals surface area (Å²) in [5.41, 5.74) is 0.990. The van der Waals surface area contributed by atoms with Gasteiger partial charge in [0.1, 0.15) is 0 Å². The lowest BCUT2D eigenvalue weighted by Gasteiger charge is -2.14. The van der Waals surface area contributed by atoms with Crippen LogP contribution in [0.25, 0.3) is 0 Å². The van der Waals surface area contributed by atoms with Gasteiger partial charge in [0.2, 0.25) is 5.75 Å². The lowest BCUT2D eigenvalue weighted by atomic mass is 10.2. The second-order valence-electron chi connectivity index (χ2n) is 4.87. The van der Waals surface area contributed by atoms with Gasteiger partial charge < -0.3 is 24.8 Å². The first-order valence-electron chi connectivity index (χ1n) is 7.38. The Hall–Kier alpha value is -3.29. The lowest BCUT2D eigenvalue weighted by Crippen LogP contribution is -2.35. The maximum absolute atomic E-state index is 12.0. The minimum atomic E-state index is -0.815. The standard InChI is InChI=1S/C17H19N3O5/c1-23-13-8-12(9-14(24-2)15(13)25-3)20-17(22)16(21)19-10-11-6-4-5-7-18-11/h4-9H,10H2,1-3H3,(H,19,21)(H,20,22). The minimum absolute atomic E-state index is 0.155. The summed E-state index contributed by atoms with van der Waals surface area (Å²) in [6.45, 7) is 0.155. The van der Waals surface area contributed by atoms with E-state index in [1.165, 1.54) is 33.5 Å². The van der Waals surface area contributed by atoms with E-state index in [-0.39, 0.29) is 6.54 Å². The molecule has 0 bridgehead atoms. The Morgan fingerprint density at radius 3 is 2.20 bits per heavy atom. The van der Waals surface area contributed by atoms with Crippen molar-refractivity contribution in [1.29, 1.82) is 0 Å². The Labute approximate surface area is 145 Å². The van der Waals surface area contributed by atoms with Crippen molar-refractivity contribution in [2.24, 2.45) is 0 Å². The Balaban J connectivity index is 2.05. The summed E-state index contributed by atoms with van der Waals surface area (Å²) in [5, 5.41) is 4.99. The fourth-order valence-electron chi connectivity index (χ4n) is 2.09. The molecule has 0 aliphatic carbocycles. The van der Waals surface area contributed by atoms with Crippen molar-refractivity contribution in [1.82, 2.24) is 10.3 Å². The van der Waals surface area contributed by atoms with Crippen LogP contribution >= 0.6 is 0 Å². The second-order valence-corrected chi connectivity index (χ2v) is 4.87. The molecule has 0 saturated carbocycles. The van der Waals surface area contributed by atoms with Gasteiger partial charge in [-0.2, -0.15) is 0 Å². The highest BCUT2D eigenvalue weighted by molar-refractivity contribution is 6.39. The summed E-state index contributed by atoms with van der Waals surface area (Å²) in [5.74, 6) is -0.468. The predicted molar refractivity (Wildman–Crippen MR) is 90.8 cm³/mol. The highest BCUT2D eigenvalue weighted by atomic mass is 16.5. The molecule has 2 rings (SSSR count). The number of pyridine rings is 1. The molecule has 2 aromatic rings. The number of nitrogens with one attached hydrogen (secondary N) is 2. The number of amides is 2. The zero-order valence-electron chi connectivity index (χ0n) is 14.2. The van der Waals surface area contributed by atoms with Crippen molar-refractivity contribution in [2.45, 2.75) is 6.54 Å². The molecule has 2 amide bonds. The maximum atomic E-state index is 12.0. The van der Waals surface area contributed by atoms with Gasteiger partial charge in [-0.15, -0.1) is 0 Å². The fourth-order valence-corrected chi connectivity index (χ4v) is 2.09. The quantitative estimate of drug-likeness (QED) is 0.767. The summed E-state index contributed by atoms with van der Waals surface area (Å²) in [7, 11) is 4.40. The van der Waals surface area contributed by atoms with Crippen LogP contribution in [-0.2, 0) is 16.1 Å². The van der Waals surface area contributed by atoms with E-state index >= 15 is 0 Å². The number of carbonyl (C=O) groups is 2. The Morgan fingerprint density at radius 1 is 1.00 bits per heavy atom. The third-order valence-corrected chi connectivity index (χ3v) is 3.29. The van der Waals surface area contributed by atoms with Crippen LogP contribution in [0.1, 0.15) is 5.69 Å².